The van der Waals surface area contributed by atoms with Crippen molar-refractivity contribution >= 4 is 23.1 Å². The minimum atomic E-state index is -4.75. The number of carbonyl (C=O) groups excluding carboxylic acids is 1. The van der Waals surface area contributed by atoms with Crippen molar-refractivity contribution in [3.05, 3.63) is 53.1 Å². The molecular weight excluding hydrogens is 450 g/mol. The first-order valence-corrected chi connectivity index (χ1v) is 10.1. The van der Waals surface area contributed by atoms with E-state index in [1.54, 1.807) is 6.92 Å². The van der Waals surface area contributed by atoms with E-state index in [4.69, 9.17) is 21.7 Å². The maximum atomic E-state index is 13.4. The maximum absolute atomic E-state index is 13.4. The van der Waals surface area contributed by atoms with Crippen LogP contribution < -0.4 is 4.74 Å². The van der Waals surface area contributed by atoms with Crippen LogP contribution in [0.3, 0.4) is 0 Å². The van der Waals surface area contributed by atoms with Crippen molar-refractivity contribution in [2.24, 2.45) is 5.92 Å². The molecule has 5 nitrogen and oxygen atoms in total. The van der Waals surface area contributed by atoms with Gasteiger partial charge in [0, 0.05) is 23.0 Å². The number of rotatable bonds is 8. The molecule has 1 aromatic carbocycles. The summed E-state index contributed by atoms with van der Waals surface area (Å²) in [6, 6.07) is 3.86. The smallest absolute Gasteiger partial charge is 0.416 e. The van der Waals surface area contributed by atoms with Gasteiger partial charge in [-0.3, -0.25) is 9.78 Å². The Bertz CT molecular complexity index is 996. The number of hydrogen-bond donors (Lipinski definition) is 1. The molecule has 0 saturated carbocycles. The highest BCUT2D eigenvalue weighted by Gasteiger charge is 2.36. The fourth-order valence-electron chi connectivity index (χ4n) is 3.09. The number of alkyl halides is 3. The van der Waals surface area contributed by atoms with Crippen molar-refractivity contribution in [1.82, 2.24) is 4.98 Å². The number of esters is 1. The monoisotopic (exact) mass is 473 g/mol. The van der Waals surface area contributed by atoms with Crippen LogP contribution in [0.15, 0.2) is 30.5 Å². The summed E-state index contributed by atoms with van der Waals surface area (Å²) in [5.41, 5.74) is -1.18. The number of hydrogen-bond acceptors (Lipinski definition) is 6. The molecule has 2 aromatic rings. The van der Waals surface area contributed by atoms with Crippen molar-refractivity contribution in [3.63, 3.8) is 0 Å². The molecule has 1 aromatic heterocycles. The van der Waals surface area contributed by atoms with Crippen LogP contribution in [-0.4, -0.2) is 34.1 Å². The molecule has 0 radical (unpaired) electrons. The second kappa shape index (κ2) is 10.2. The number of pyridine rings is 1. The first-order chi connectivity index (χ1) is 14.9. The summed E-state index contributed by atoms with van der Waals surface area (Å²) in [5, 5.41) is 10.2. The fraction of sp³-hybridized carbons (Fsp3) is 0.409. The first kappa shape index (κ1) is 25.5. The predicted molar refractivity (Wildman–Crippen MR) is 113 cm³/mol. The minimum Gasteiger partial charge on any atom is -0.503 e. The average Bonchev–Trinajstić information content (AvgIpc) is 2.72. The first-order valence-electron chi connectivity index (χ1n) is 9.69. The Morgan fingerprint density at radius 2 is 1.88 bits per heavy atom. The number of carbonyl (C=O) groups is 1. The Kier molecular flexibility index (Phi) is 8.17. The number of benzene rings is 1. The Morgan fingerprint density at radius 1 is 1.22 bits per heavy atom. The third-order valence-corrected chi connectivity index (χ3v) is 5.44. The van der Waals surface area contributed by atoms with Gasteiger partial charge in [-0.1, -0.05) is 32.1 Å². The summed E-state index contributed by atoms with van der Waals surface area (Å²) in [5.74, 6) is -3.35. The Labute approximate surface area is 188 Å². The molecule has 0 aliphatic heterocycles. The molecule has 0 fully saturated rings. The van der Waals surface area contributed by atoms with E-state index in [1.165, 1.54) is 33.2 Å². The van der Waals surface area contributed by atoms with Gasteiger partial charge in [0.05, 0.1) is 18.6 Å². The number of thiocarbonyl (C=S) groups is 1. The summed E-state index contributed by atoms with van der Waals surface area (Å²) >= 11 is 5.28. The topological polar surface area (TPSA) is 68.7 Å². The molecule has 3 atom stereocenters. The molecule has 0 unspecified atom stereocenters. The van der Waals surface area contributed by atoms with E-state index >= 15 is 0 Å². The van der Waals surface area contributed by atoms with Crippen LogP contribution in [0.2, 0.25) is 0 Å². The lowest BCUT2D eigenvalue weighted by atomic mass is 9.91. The number of ether oxygens (including phenoxy) is 2. The van der Waals surface area contributed by atoms with Crippen molar-refractivity contribution < 1.29 is 36.9 Å². The number of methoxy groups -OCH3 is 1. The van der Waals surface area contributed by atoms with Crippen LogP contribution in [0.4, 0.5) is 17.6 Å². The quantitative estimate of drug-likeness (QED) is 0.239. The van der Waals surface area contributed by atoms with Gasteiger partial charge in [0.2, 0.25) is 0 Å². The molecule has 10 heteroatoms. The molecular formula is C22H23F4NO4S. The molecule has 0 spiro atoms. The van der Waals surface area contributed by atoms with E-state index < -0.39 is 41.5 Å². The normalized spacial score (nSPS) is 14.4. The summed E-state index contributed by atoms with van der Waals surface area (Å²) in [7, 11) is 1.37. The molecule has 1 N–H and O–H groups in total. The van der Waals surface area contributed by atoms with E-state index in [2.05, 4.69) is 4.98 Å². The van der Waals surface area contributed by atoms with E-state index in [9.17, 15) is 27.5 Å². The fourth-order valence-corrected chi connectivity index (χ4v) is 3.49. The molecule has 0 amide bonds. The van der Waals surface area contributed by atoms with Crippen molar-refractivity contribution in [2.75, 3.05) is 7.11 Å². The van der Waals surface area contributed by atoms with Crippen LogP contribution in [0.1, 0.15) is 49.9 Å². The van der Waals surface area contributed by atoms with Gasteiger partial charge < -0.3 is 14.6 Å². The third kappa shape index (κ3) is 5.93. The second-order valence-corrected chi connectivity index (χ2v) is 7.89. The average molecular weight is 473 g/mol. The zero-order valence-corrected chi connectivity index (χ0v) is 18.7. The molecule has 32 heavy (non-hydrogen) atoms. The Balaban J connectivity index is 2.10. The Morgan fingerprint density at radius 3 is 2.47 bits per heavy atom. The molecule has 174 valence electrons. The maximum Gasteiger partial charge on any atom is 0.416 e. The second-order valence-electron chi connectivity index (χ2n) is 7.40. The SMILES string of the molecule is COc1ccnc(C(=S)C[C@@H](C)C(=O)O[C@@H](C)[C@@H](C)c2ccc(F)cc2C(F)(F)F)c1O. The van der Waals surface area contributed by atoms with Gasteiger partial charge in [-0.15, -0.1) is 0 Å². The zero-order chi connectivity index (χ0) is 24.2. The van der Waals surface area contributed by atoms with Crippen LogP contribution >= 0.6 is 12.2 Å². The summed E-state index contributed by atoms with van der Waals surface area (Å²) in [6.07, 6.45) is -4.25. The molecule has 2 rings (SSSR count). The lowest BCUT2D eigenvalue weighted by Gasteiger charge is -2.25. The number of aromatic nitrogens is 1. The van der Waals surface area contributed by atoms with E-state index in [0.29, 0.717) is 6.07 Å². The molecule has 0 aliphatic carbocycles. The molecule has 0 aliphatic rings. The van der Waals surface area contributed by atoms with E-state index in [-0.39, 0.29) is 34.0 Å². The number of nitrogens with zero attached hydrogens (tertiary/aromatic N) is 1. The van der Waals surface area contributed by atoms with Crippen molar-refractivity contribution in [2.45, 2.75) is 45.4 Å². The van der Waals surface area contributed by atoms with E-state index in [1.807, 2.05) is 0 Å². The van der Waals surface area contributed by atoms with Gasteiger partial charge >= 0.3 is 12.1 Å². The highest BCUT2D eigenvalue weighted by Crippen LogP contribution is 2.37. The highest BCUT2D eigenvalue weighted by molar-refractivity contribution is 7.80. The van der Waals surface area contributed by atoms with Gasteiger partial charge in [-0.2, -0.15) is 13.2 Å². The Hall–Kier alpha value is -2.75. The molecule has 1 heterocycles. The number of aromatic hydroxyl groups is 1. The predicted octanol–water partition coefficient (Wildman–Crippen LogP) is 5.43. The molecule has 0 bridgehead atoms. The summed E-state index contributed by atoms with van der Waals surface area (Å²) in [6.45, 7) is 4.47. The van der Waals surface area contributed by atoms with E-state index in [0.717, 1.165) is 12.1 Å². The molecule has 0 saturated heterocycles. The van der Waals surface area contributed by atoms with Gasteiger partial charge in [-0.25, -0.2) is 4.39 Å². The van der Waals surface area contributed by atoms with Crippen molar-refractivity contribution in [1.29, 1.82) is 0 Å². The summed E-state index contributed by atoms with van der Waals surface area (Å²) < 4.78 is 63.7. The van der Waals surface area contributed by atoms with Gasteiger partial charge in [-0.05, 0) is 31.0 Å². The van der Waals surface area contributed by atoms with Gasteiger partial charge in [0.15, 0.2) is 11.5 Å². The standard InChI is InChI=1S/C22H23F4NO4S/c1-11(9-18(32)19-20(28)17(30-4)7-8-27-19)21(29)31-13(3)12(2)15-6-5-14(23)10-16(15)22(24,25)26/h5-8,10-13,28H,9H2,1-4H3/t11-,12-,13+/m1/s1. The van der Waals surface area contributed by atoms with Gasteiger partial charge in [0.25, 0.3) is 0 Å². The highest BCUT2D eigenvalue weighted by atomic mass is 32.1. The zero-order valence-electron chi connectivity index (χ0n) is 17.9. The largest absolute Gasteiger partial charge is 0.503 e. The van der Waals surface area contributed by atoms with Crippen LogP contribution in [0.5, 0.6) is 11.5 Å². The van der Waals surface area contributed by atoms with Gasteiger partial charge in [0.1, 0.15) is 17.6 Å². The summed E-state index contributed by atoms with van der Waals surface area (Å²) in [4.78, 5) is 16.7. The van der Waals surface area contributed by atoms with Crippen LogP contribution in [-0.2, 0) is 15.7 Å². The minimum absolute atomic E-state index is 0.0212. The lowest BCUT2D eigenvalue weighted by Crippen LogP contribution is -2.27. The van der Waals surface area contributed by atoms with Crippen molar-refractivity contribution in [3.8, 4) is 11.5 Å². The van der Waals surface area contributed by atoms with Crippen LogP contribution in [0, 0.1) is 11.7 Å². The lowest BCUT2D eigenvalue weighted by molar-refractivity contribution is -0.153. The third-order valence-electron chi connectivity index (χ3n) is 5.08. The number of halogens is 4. The van der Waals surface area contributed by atoms with Crippen LogP contribution in [0.25, 0.3) is 0 Å².